The maximum atomic E-state index is 4.39. The largest absolute Gasteiger partial charge is 0.367 e. The van der Waals surface area contributed by atoms with E-state index in [0.29, 0.717) is 6.04 Å². The van der Waals surface area contributed by atoms with Gasteiger partial charge in [0.05, 0.1) is 0 Å². The van der Waals surface area contributed by atoms with Gasteiger partial charge in [-0.25, -0.2) is 9.97 Å². The zero-order valence-corrected chi connectivity index (χ0v) is 11.1. The molecule has 0 saturated heterocycles. The van der Waals surface area contributed by atoms with E-state index in [2.05, 4.69) is 46.5 Å². The highest BCUT2D eigenvalue weighted by Crippen LogP contribution is 2.10. The summed E-state index contributed by atoms with van der Waals surface area (Å²) in [6.07, 6.45) is 0.989. The highest BCUT2D eigenvalue weighted by molar-refractivity contribution is 5.37. The van der Waals surface area contributed by atoms with Crippen molar-refractivity contribution in [3.05, 3.63) is 53.5 Å². The molecule has 94 valence electrons. The highest BCUT2D eigenvalue weighted by atomic mass is 15.0. The van der Waals surface area contributed by atoms with Gasteiger partial charge in [0, 0.05) is 17.8 Å². The molecule has 18 heavy (non-hydrogen) atoms. The van der Waals surface area contributed by atoms with Crippen LogP contribution in [0.1, 0.15) is 24.0 Å². The standard InChI is InChI=1S/C15H19N3/c1-11(9-14-7-5-4-6-8-14)17-15-10-12(2)16-13(3)18-15/h4-8,10-11H,9H2,1-3H3,(H,16,17,18). The molecule has 2 rings (SSSR count). The molecule has 3 heteroatoms. The van der Waals surface area contributed by atoms with Crippen molar-refractivity contribution >= 4 is 5.82 Å². The SMILES string of the molecule is Cc1cc(NC(C)Cc2ccccc2)nc(C)n1. The number of aromatic nitrogens is 2. The van der Waals surface area contributed by atoms with Crippen LogP contribution in [0.25, 0.3) is 0 Å². The van der Waals surface area contributed by atoms with Crippen molar-refractivity contribution in [3.8, 4) is 0 Å². The number of nitrogens with zero attached hydrogens (tertiary/aromatic N) is 2. The Morgan fingerprint density at radius 1 is 1.11 bits per heavy atom. The van der Waals surface area contributed by atoms with E-state index in [1.54, 1.807) is 0 Å². The van der Waals surface area contributed by atoms with Crippen LogP contribution in [0.5, 0.6) is 0 Å². The van der Waals surface area contributed by atoms with Gasteiger partial charge in [-0.05, 0) is 32.8 Å². The first kappa shape index (κ1) is 12.6. The Morgan fingerprint density at radius 2 is 1.83 bits per heavy atom. The molecule has 2 aromatic rings. The number of aryl methyl sites for hydroxylation is 2. The molecule has 0 amide bonds. The van der Waals surface area contributed by atoms with Gasteiger partial charge >= 0.3 is 0 Å². The second-order valence-corrected chi connectivity index (χ2v) is 4.68. The summed E-state index contributed by atoms with van der Waals surface area (Å²) >= 11 is 0. The third-order valence-corrected chi connectivity index (χ3v) is 2.75. The minimum atomic E-state index is 0.348. The quantitative estimate of drug-likeness (QED) is 0.893. The summed E-state index contributed by atoms with van der Waals surface area (Å²) in [6, 6.07) is 12.8. The predicted octanol–water partition coefficient (Wildman–Crippen LogP) is 3.14. The van der Waals surface area contributed by atoms with Gasteiger partial charge in [0.1, 0.15) is 11.6 Å². The summed E-state index contributed by atoms with van der Waals surface area (Å²) in [5.74, 6) is 1.72. The van der Waals surface area contributed by atoms with Crippen LogP contribution >= 0.6 is 0 Å². The van der Waals surface area contributed by atoms with Crippen molar-refractivity contribution in [1.29, 1.82) is 0 Å². The number of benzene rings is 1. The molecule has 0 saturated carbocycles. The molecule has 0 bridgehead atoms. The van der Waals surface area contributed by atoms with Crippen molar-refractivity contribution in [2.24, 2.45) is 0 Å². The fourth-order valence-corrected chi connectivity index (χ4v) is 2.06. The highest BCUT2D eigenvalue weighted by Gasteiger charge is 2.05. The molecule has 1 heterocycles. The summed E-state index contributed by atoms with van der Waals surface area (Å²) in [6.45, 7) is 6.07. The number of nitrogens with one attached hydrogen (secondary N) is 1. The molecule has 0 aliphatic rings. The summed E-state index contributed by atoms with van der Waals surface area (Å²) in [5.41, 5.74) is 2.33. The molecule has 1 atom stereocenters. The first-order valence-electron chi connectivity index (χ1n) is 6.26. The van der Waals surface area contributed by atoms with Gasteiger partial charge in [-0.1, -0.05) is 30.3 Å². The average Bonchev–Trinajstić information content (AvgIpc) is 2.28. The van der Waals surface area contributed by atoms with Crippen LogP contribution in [0.3, 0.4) is 0 Å². The minimum Gasteiger partial charge on any atom is -0.367 e. The van der Waals surface area contributed by atoms with E-state index in [1.165, 1.54) is 5.56 Å². The monoisotopic (exact) mass is 241 g/mol. The summed E-state index contributed by atoms with van der Waals surface area (Å²) in [7, 11) is 0. The van der Waals surface area contributed by atoms with Gasteiger partial charge in [-0.3, -0.25) is 0 Å². The van der Waals surface area contributed by atoms with Gasteiger partial charge in [-0.2, -0.15) is 0 Å². The average molecular weight is 241 g/mol. The van der Waals surface area contributed by atoms with Crippen LogP contribution in [0.15, 0.2) is 36.4 Å². The third kappa shape index (κ3) is 3.55. The molecule has 0 fully saturated rings. The van der Waals surface area contributed by atoms with Gasteiger partial charge in [0.25, 0.3) is 0 Å². The smallest absolute Gasteiger partial charge is 0.130 e. The van der Waals surface area contributed by atoms with Crippen LogP contribution in [0.2, 0.25) is 0 Å². The molecule has 0 radical (unpaired) electrons. The maximum absolute atomic E-state index is 4.39. The summed E-state index contributed by atoms with van der Waals surface area (Å²) < 4.78 is 0. The van der Waals surface area contributed by atoms with E-state index in [0.717, 1.165) is 23.8 Å². The maximum Gasteiger partial charge on any atom is 0.130 e. The molecule has 0 aliphatic heterocycles. The third-order valence-electron chi connectivity index (χ3n) is 2.75. The second kappa shape index (κ2) is 5.63. The normalized spacial score (nSPS) is 12.2. The Bertz CT molecular complexity index is 488. The first-order chi connectivity index (χ1) is 8.63. The lowest BCUT2D eigenvalue weighted by atomic mass is 10.1. The van der Waals surface area contributed by atoms with Crippen LogP contribution in [-0.2, 0) is 6.42 Å². The zero-order chi connectivity index (χ0) is 13.0. The van der Waals surface area contributed by atoms with Gasteiger partial charge < -0.3 is 5.32 Å². The summed E-state index contributed by atoms with van der Waals surface area (Å²) in [5, 5.41) is 3.42. The first-order valence-corrected chi connectivity index (χ1v) is 6.26. The molecular weight excluding hydrogens is 222 g/mol. The van der Waals surface area contributed by atoms with Crippen LogP contribution < -0.4 is 5.32 Å². The van der Waals surface area contributed by atoms with Crippen molar-refractivity contribution in [1.82, 2.24) is 9.97 Å². The molecule has 0 aliphatic carbocycles. The van der Waals surface area contributed by atoms with E-state index >= 15 is 0 Å². The van der Waals surface area contributed by atoms with Crippen molar-refractivity contribution in [3.63, 3.8) is 0 Å². The van der Waals surface area contributed by atoms with Gasteiger partial charge in [0.15, 0.2) is 0 Å². The fourth-order valence-electron chi connectivity index (χ4n) is 2.06. The van der Waals surface area contributed by atoms with Gasteiger partial charge in [-0.15, -0.1) is 0 Å². The van der Waals surface area contributed by atoms with Crippen molar-refractivity contribution in [2.75, 3.05) is 5.32 Å². The number of anilines is 1. The van der Waals surface area contributed by atoms with E-state index in [1.807, 2.05) is 26.0 Å². The zero-order valence-electron chi connectivity index (χ0n) is 11.1. The Balaban J connectivity index is 2.01. The lowest BCUT2D eigenvalue weighted by Gasteiger charge is -2.15. The van der Waals surface area contributed by atoms with Crippen LogP contribution in [0, 0.1) is 13.8 Å². The van der Waals surface area contributed by atoms with E-state index in [4.69, 9.17) is 0 Å². The second-order valence-electron chi connectivity index (χ2n) is 4.68. The van der Waals surface area contributed by atoms with Crippen molar-refractivity contribution < 1.29 is 0 Å². The van der Waals surface area contributed by atoms with E-state index < -0.39 is 0 Å². The lowest BCUT2D eigenvalue weighted by molar-refractivity contribution is 0.781. The lowest BCUT2D eigenvalue weighted by Crippen LogP contribution is -2.19. The van der Waals surface area contributed by atoms with Crippen LogP contribution in [0.4, 0.5) is 5.82 Å². The molecule has 1 aromatic heterocycles. The van der Waals surface area contributed by atoms with E-state index in [9.17, 15) is 0 Å². The minimum absolute atomic E-state index is 0.348. The Kier molecular flexibility index (Phi) is 3.92. The van der Waals surface area contributed by atoms with Crippen LogP contribution in [-0.4, -0.2) is 16.0 Å². The number of hydrogen-bond donors (Lipinski definition) is 1. The summed E-state index contributed by atoms with van der Waals surface area (Å²) in [4.78, 5) is 8.67. The molecule has 3 nitrogen and oxygen atoms in total. The van der Waals surface area contributed by atoms with Crippen molar-refractivity contribution in [2.45, 2.75) is 33.2 Å². The molecule has 1 N–H and O–H groups in total. The Morgan fingerprint density at radius 3 is 2.50 bits per heavy atom. The topological polar surface area (TPSA) is 37.8 Å². The van der Waals surface area contributed by atoms with E-state index in [-0.39, 0.29) is 0 Å². The molecule has 1 aromatic carbocycles. The number of hydrogen-bond acceptors (Lipinski definition) is 3. The Labute approximate surface area is 108 Å². The Hall–Kier alpha value is -1.90. The molecule has 0 spiro atoms. The molecular formula is C15H19N3. The fraction of sp³-hybridized carbons (Fsp3) is 0.333. The molecule has 1 unspecified atom stereocenters. The predicted molar refractivity (Wildman–Crippen MR) is 74.7 cm³/mol. The van der Waals surface area contributed by atoms with Gasteiger partial charge in [0.2, 0.25) is 0 Å². The number of rotatable bonds is 4.